The van der Waals surface area contributed by atoms with Gasteiger partial charge in [-0.2, -0.15) is 0 Å². The highest BCUT2D eigenvalue weighted by Crippen LogP contribution is 2.12. The molecule has 2 aromatic carbocycles. The van der Waals surface area contributed by atoms with E-state index >= 15 is 0 Å². The zero-order chi connectivity index (χ0) is 19.8. The fourth-order valence-corrected chi connectivity index (χ4v) is 3.14. The van der Waals surface area contributed by atoms with Gasteiger partial charge in [-0.1, -0.05) is 55.0 Å². The van der Waals surface area contributed by atoms with Crippen LogP contribution in [0.3, 0.4) is 0 Å². The average molecular weight is 397 g/mol. The Balaban J connectivity index is 1.76. The topological polar surface area (TPSA) is 69.0 Å². The molecule has 1 aromatic heterocycles. The van der Waals surface area contributed by atoms with Gasteiger partial charge >= 0.3 is 0 Å². The minimum absolute atomic E-state index is 0.0882. The summed E-state index contributed by atoms with van der Waals surface area (Å²) in [6, 6.07) is 17.6. The van der Waals surface area contributed by atoms with Crippen LogP contribution < -0.4 is 15.6 Å². The summed E-state index contributed by atoms with van der Waals surface area (Å²) in [5.41, 5.74) is 2.44. The van der Waals surface area contributed by atoms with Gasteiger partial charge in [-0.25, -0.2) is 0 Å². The van der Waals surface area contributed by atoms with E-state index in [1.807, 2.05) is 30.3 Å². The summed E-state index contributed by atoms with van der Waals surface area (Å²) < 4.78 is 7.29. The van der Waals surface area contributed by atoms with E-state index in [1.54, 1.807) is 16.3 Å². The van der Waals surface area contributed by atoms with Crippen molar-refractivity contribution in [2.24, 2.45) is 0 Å². The summed E-state index contributed by atoms with van der Waals surface area (Å²) in [7, 11) is 0. The Bertz CT molecular complexity index is 943. The molecule has 0 fully saturated rings. The van der Waals surface area contributed by atoms with Gasteiger partial charge in [-0.05, 0) is 30.4 Å². The van der Waals surface area contributed by atoms with E-state index in [1.165, 1.54) is 5.56 Å². The van der Waals surface area contributed by atoms with Gasteiger partial charge < -0.3 is 10.1 Å². The Morgan fingerprint density at radius 2 is 1.82 bits per heavy atom. The predicted octanol–water partition coefficient (Wildman–Crippen LogP) is 3.85. The molecular weight excluding hydrogens is 372 g/mol. The van der Waals surface area contributed by atoms with E-state index in [0.29, 0.717) is 29.8 Å². The van der Waals surface area contributed by atoms with Crippen LogP contribution in [0.5, 0.6) is 5.75 Å². The molecule has 0 saturated heterocycles. The first-order valence-electron chi connectivity index (χ1n) is 9.18. The van der Waals surface area contributed by atoms with Crippen LogP contribution in [0.25, 0.3) is 0 Å². The van der Waals surface area contributed by atoms with Crippen molar-refractivity contribution < 1.29 is 4.74 Å². The van der Waals surface area contributed by atoms with Crippen molar-refractivity contribution in [1.82, 2.24) is 14.8 Å². The molecule has 3 rings (SSSR count). The van der Waals surface area contributed by atoms with Crippen LogP contribution in [-0.4, -0.2) is 20.5 Å². The van der Waals surface area contributed by atoms with Crippen molar-refractivity contribution in [3.63, 3.8) is 0 Å². The van der Waals surface area contributed by atoms with Gasteiger partial charge in [0.2, 0.25) is 5.95 Å². The van der Waals surface area contributed by atoms with Crippen molar-refractivity contribution in [2.75, 3.05) is 11.1 Å². The van der Waals surface area contributed by atoms with Gasteiger partial charge in [0.05, 0.1) is 5.88 Å². The molecule has 0 aliphatic rings. The molecule has 0 amide bonds. The smallest absolute Gasteiger partial charge is 0.281 e. The molecule has 1 heterocycles. The second-order valence-electron chi connectivity index (χ2n) is 6.27. The van der Waals surface area contributed by atoms with Crippen molar-refractivity contribution in [2.45, 2.75) is 32.9 Å². The third-order valence-electron chi connectivity index (χ3n) is 4.13. The molecule has 0 bridgehead atoms. The van der Waals surface area contributed by atoms with E-state index < -0.39 is 0 Å². The first-order valence-corrected chi connectivity index (χ1v) is 10.3. The van der Waals surface area contributed by atoms with Gasteiger partial charge in [0.25, 0.3) is 5.56 Å². The number of anilines is 1. The number of nitrogens with zero attached hydrogens (tertiary/aromatic N) is 3. The highest BCUT2D eigenvalue weighted by molar-refractivity contribution is 7.98. The highest BCUT2D eigenvalue weighted by Gasteiger charge is 2.13. The summed E-state index contributed by atoms with van der Waals surface area (Å²) in [4.78, 5) is 12.9. The first kappa shape index (κ1) is 19.9. The zero-order valence-electron chi connectivity index (χ0n) is 16.1. The minimum atomic E-state index is -0.182. The lowest BCUT2D eigenvalue weighted by molar-refractivity contribution is 0.296. The highest BCUT2D eigenvalue weighted by atomic mass is 32.2. The molecule has 0 spiro atoms. The van der Waals surface area contributed by atoms with E-state index in [0.717, 1.165) is 11.3 Å². The maximum absolute atomic E-state index is 12.9. The second kappa shape index (κ2) is 9.94. The van der Waals surface area contributed by atoms with Crippen LogP contribution in [0.4, 0.5) is 5.95 Å². The van der Waals surface area contributed by atoms with E-state index in [4.69, 9.17) is 4.74 Å². The molecule has 0 radical (unpaired) electrons. The van der Waals surface area contributed by atoms with Crippen LogP contribution in [0.2, 0.25) is 0 Å². The second-order valence-corrected chi connectivity index (χ2v) is 7.51. The largest absolute Gasteiger partial charge is 0.487 e. The summed E-state index contributed by atoms with van der Waals surface area (Å²) in [6.45, 7) is 4.78. The SMILES string of the molecule is CCSCn1c(NCc2ccc(C)cc2)nnc(COc2ccccc2)c1=O. The molecule has 7 heteroatoms. The zero-order valence-corrected chi connectivity index (χ0v) is 16.9. The average Bonchev–Trinajstić information content (AvgIpc) is 2.73. The first-order chi connectivity index (χ1) is 13.7. The van der Waals surface area contributed by atoms with Crippen molar-refractivity contribution >= 4 is 17.7 Å². The Morgan fingerprint density at radius 1 is 1.07 bits per heavy atom. The van der Waals surface area contributed by atoms with Gasteiger partial charge in [0.1, 0.15) is 12.4 Å². The lowest BCUT2D eigenvalue weighted by Gasteiger charge is -2.14. The van der Waals surface area contributed by atoms with Crippen LogP contribution in [0.1, 0.15) is 23.7 Å². The van der Waals surface area contributed by atoms with Crippen molar-refractivity contribution in [3.05, 3.63) is 81.8 Å². The number of aromatic nitrogens is 3. The van der Waals surface area contributed by atoms with E-state index in [9.17, 15) is 4.79 Å². The lowest BCUT2D eigenvalue weighted by Crippen LogP contribution is -2.29. The molecule has 28 heavy (non-hydrogen) atoms. The van der Waals surface area contributed by atoms with Gasteiger partial charge in [-0.3, -0.25) is 9.36 Å². The standard InChI is InChI=1S/C21H24N4O2S/c1-3-28-15-25-20(26)19(14-27-18-7-5-4-6-8-18)23-24-21(25)22-13-17-11-9-16(2)10-12-17/h4-12H,3,13-15H2,1-2H3,(H,22,24). The normalized spacial score (nSPS) is 10.6. The number of benzene rings is 2. The molecule has 0 saturated carbocycles. The lowest BCUT2D eigenvalue weighted by atomic mass is 10.1. The summed E-state index contributed by atoms with van der Waals surface area (Å²) in [6.07, 6.45) is 0. The quantitative estimate of drug-likeness (QED) is 0.592. The number of nitrogens with one attached hydrogen (secondary N) is 1. The summed E-state index contributed by atoms with van der Waals surface area (Å²) in [5, 5.41) is 11.6. The van der Waals surface area contributed by atoms with E-state index in [-0.39, 0.29) is 12.2 Å². The summed E-state index contributed by atoms with van der Waals surface area (Å²) in [5.74, 6) is 2.58. The fraction of sp³-hybridized carbons (Fsp3) is 0.286. The van der Waals surface area contributed by atoms with Crippen molar-refractivity contribution in [3.8, 4) is 5.75 Å². The predicted molar refractivity (Wildman–Crippen MR) is 114 cm³/mol. The maximum Gasteiger partial charge on any atom is 0.281 e. The molecule has 1 N–H and O–H groups in total. The number of hydrogen-bond donors (Lipinski definition) is 1. The molecule has 0 unspecified atom stereocenters. The molecule has 146 valence electrons. The molecule has 3 aromatic rings. The molecule has 0 aliphatic heterocycles. The maximum atomic E-state index is 12.9. The van der Waals surface area contributed by atoms with Gasteiger partial charge in [0.15, 0.2) is 5.69 Å². The Labute approximate surface area is 169 Å². The van der Waals surface area contributed by atoms with Crippen LogP contribution >= 0.6 is 11.8 Å². The number of rotatable bonds is 9. The third-order valence-corrected chi connectivity index (χ3v) is 4.98. The van der Waals surface area contributed by atoms with Gasteiger partial charge in [0, 0.05) is 6.54 Å². The van der Waals surface area contributed by atoms with Crippen LogP contribution in [0.15, 0.2) is 59.4 Å². The molecule has 0 aliphatic carbocycles. The Hall–Kier alpha value is -2.80. The number of para-hydroxylation sites is 1. The molecule has 0 atom stereocenters. The number of hydrogen-bond acceptors (Lipinski definition) is 6. The van der Waals surface area contributed by atoms with E-state index in [2.05, 4.69) is 53.6 Å². The number of thioether (sulfide) groups is 1. The third kappa shape index (κ3) is 5.36. The minimum Gasteiger partial charge on any atom is -0.487 e. The van der Waals surface area contributed by atoms with Crippen LogP contribution in [-0.2, 0) is 19.0 Å². The number of aryl methyl sites for hydroxylation is 1. The Kier molecular flexibility index (Phi) is 7.08. The van der Waals surface area contributed by atoms with Crippen molar-refractivity contribution in [1.29, 1.82) is 0 Å². The Morgan fingerprint density at radius 3 is 2.54 bits per heavy atom. The molecule has 6 nitrogen and oxygen atoms in total. The van der Waals surface area contributed by atoms with Crippen LogP contribution in [0, 0.1) is 6.92 Å². The van der Waals surface area contributed by atoms with Gasteiger partial charge in [-0.15, -0.1) is 22.0 Å². The number of ether oxygens (including phenoxy) is 1. The monoisotopic (exact) mass is 396 g/mol. The summed E-state index contributed by atoms with van der Waals surface area (Å²) >= 11 is 1.65. The molecular formula is C21H24N4O2S. The fourth-order valence-electron chi connectivity index (χ4n) is 2.54.